The van der Waals surface area contributed by atoms with Gasteiger partial charge in [0.25, 0.3) is 5.91 Å². The second-order valence-corrected chi connectivity index (χ2v) is 8.17. The van der Waals surface area contributed by atoms with Gasteiger partial charge in [0.05, 0.1) is 0 Å². The van der Waals surface area contributed by atoms with Crippen LogP contribution in [-0.4, -0.2) is 71.4 Å². The van der Waals surface area contributed by atoms with Gasteiger partial charge in [-0.25, -0.2) is 9.59 Å². The molecule has 3 heterocycles. The van der Waals surface area contributed by atoms with E-state index in [9.17, 15) is 14.4 Å². The first-order valence-electron chi connectivity index (χ1n) is 10.2. The number of carbonyl (C=O) groups excluding carboxylic acids is 3. The lowest BCUT2D eigenvalue weighted by atomic mass is 9.76. The standard InChI is InChI=1S/C21H28N4O3/c1-2-24-18(26)17-14-21(15-25(17)20(24)28)9-12-23(13-10-21)19(27)22-11-8-16-6-4-3-5-7-16/h3-7,17H,2,8-15H2,1H3,(H,22,27). The molecule has 3 fully saturated rings. The van der Waals surface area contributed by atoms with Gasteiger partial charge in [0.15, 0.2) is 0 Å². The number of urea groups is 2. The molecule has 1 N–H and O–H groups in total. The third-order valence-electron chi connectivity index (χ3n) is 6.50. The Labute approximate surface area is 165 Å². The molecule has 7 heteroatoms. The van der Waals surface area contributed by atoms with Gasteiger partial charge in [-0.15, -0.1) is 0 Å². The van der Waals surface area contributed by atoms with E-state index < -0.39 is 0 Å². The maximum Gasteiger partial charge on any atom is 0.327 e. The molecule has 1 spiro atoms. The van der Waals surface area contributed by atoms with Crippen molar-refractivity contribution >= 4 is 18.0 Å². The average molecular weight is 384 g/mol. The van der Waals surface area contributed by atoms with Crippen LogP contribution in [0.4, 0.5) is 9.59 Å². The summed E-state index contributed by atoms with van der Waals surface area (Å²) in [6.45, 7) is 4.89. The number of likely N-dealkylation sites (N-methyl/N-ethyl adjacent to an activating group) is 1. The molecule has 1 unspecified atom stereocenters. The molecule has 4 rings (SSSR count). The zero-order valence-electron chi connectivity index (χ0n) is 16.4. The smallest absolute Gasteiger partial charge is 0.327 e. The van der Waals surface area contributed by atoms with E-state index in [2.05, 4.69) is 17.4 Å². The minimum atomic E-state index is -0.293. The number of rotatable bonds is 4. The zero-order chi connectivity index (χ0) is 19.7. The Bertz CT molecular complexity index is 732. The van der Waals surface area contributed by atoms with Crippen molar-refractivity contribution in [3.8, 4) is 0 Å². The van der Waals surface area contributed by atoms with Crippen LogP contribution in [0, 0.1) is 5.41 Å². The second kappa shape index (κ2) is 7.45. The molecule has 3 aliphatic heterocycles. The Balaban J connectivity index is 1.27. The summed E-state index contributed by atoms with van der Waals surface area (Å²) in [5.74, 6) is -0.0505. The molecule has 150 valence electrons. The number of benzene rings is 1. The molecule has 5 amide bonds. The maximum atomic E-state index is 12.5. The summed E-state index contributed by atoms with van der Waals surface area (Å²) < 4.78 is 0. The highest BCUT2D eigenvalue weighted by molar-refractivity contribution is 6.04. The third kappa shape index (κ3) is 3.34. The number of nitrogens with zero attached hydrogens (tertiary/aromatic N) is 3. The molecular weight excluding hydrogens is 356 g/mol. The highest BCUT2D eigenvalue weighted by atomic mass is 16.2. The van der Waals surface area contributed by atoms with Gasteiger partial charge in [-0.3, -0.25) is 9.69 Å². The van der Waals surface area contributed by atoms with Crippen LogP contribution in [0.3, 0.4) is 0 Å². The predicted molar refractivity (Wildman–Crippen MR) is 105 cm³/mol. The van der Waals surface area contributed by atoms with E-state index in [1.54, 1.807) is 4.90 Å². The maximum absolute atomic E-state index is 12.5. The Morgan fingerprint density at radius 2 is 1.89 bits per heavy atom. The van der Waals surface area contributed by atoms with Gasteiger partial charge in [-0.05, 0) is 43.6 Å². The second-order valence-electron chi connectivity index (χ2n) is 8.17. The van der Waals surface area contributed by atoms with Crippen molar-refractivity contribution < 1.29 is 14.4 Å². The summed E-state index contributed by atoms with van der Waals surface area (Å²) in [5.41, 5.74) is 1.19. The van der Waals surface area contributed by atoms with Gasteiger partial charge < -0.3 is 15.1 Å². The van der Waals surface area contributed by atoms with E-state index in [0.29, 0.717) is 32.7 Å². The third-order valence-corrected chi connectivity index (χ3v) is 6.50. The first-order valence-corrected chi connectivity index (χ1v) is 10.2. The molecule has 7 nitrogen and oxygen atoms in total. The Morgan fingerprint density at radius 3 is 2.54 bits per heavy atom. The number of imide groups is 1. The van der Waals surface area contributed by atoms with E-state index in [0.717, 1.165) is 25.7 Å². The Morgan fingerprint density at radius 1 is 1.18 bits per heavy atom. The summed E-state index contributed by atoms with van der Waals surface area (Å²) in [4.78, 5) is 42.3. The van der Waals surface area contributed by atoms with Crippen LogP contribution in [-0.2, 0) is 11.2 Å². The van der Waals surface area contributed by atoms with Crippen LogP contribution in [0.1, 0.15) is 31.7 Å². The van der Waals surface area contributed by atoms with Crippen LogP contribution in [0.5, 0.6) is 0 Å². The van der Waals surface area contributed by atoms with Crippen LogP contribution < -0.4 is 5.32 Å². The molecule has 1 aromatic rings. The minimum absolute atomic E-state index is 0.0172. The van der Waals surface area contributed by atoms with Crippen LogP contribution in [0.2, 0.25) is 0 Å². The lowest BCUT2D eigenvalue weighted by molar-refractivity contribution is -0.128. The molecular formula is C21H28N4O3. The summed E-state index contributed by atoms with van der Waals surface area (Å²) in [5, 5.41) is 3.01. The van der Waals surface area contributed by atoms with E-state index in [1.165, 1.54) is 10.5 Å². The largest absolute Gasteiger partial charge is 0.338 e. The number of likely N-dealkylation sites (tertiary alicyclic amines) is 1. The van der Waals surface area contributed by atoms with Crippen molar-refractivity contribution in [3.05, 3.63) is 35.9 Å². The van der Waals surface area contributed by atoms with Gasteiger partial charge in [-0.1, -0.05) is 30.3 Å². The van der Waals surface area contributed by atoms with Gasteiger partial charge in [0.2, 0.25) is 0 Å². The molecule has 0 radical (unpaired) electrons. The molecule has 0 saturated carbocycles. The SMILES string of the molecule is CCN1C(=O)C2CC3(CCN(C(=O)NCCc4ccccc4)CC3)CN2C1=O. The highest BCUT2D eigenvalue weighted by Gasteiger charge is 2.56. The summed E-state index contributed by atoms with van der Waals surface area (Å²) in [6.07, 6.45) is 3.24. The molecule has 0 aliphatic carbocycles. The van der Waals surface area contributed by atoms with Gasteiger partial charge in [0, 0.05) is 32.7 Å². The number of hydrogen-bond donors (Lipinski definition) is 1. The molecule has 3 saturated heterocycles. The summed E-state index contributed by atoms with van der Waals surface area (Å²) in [7, 11) is 0. The number of nitrogens with one attached hydrogen (secondary N) is 1. The predicted octanol–water partition coefficient (Wildman–Crippen LogP) is 2.08. The Hall–Kier alpha value is -2.57. The summed E-state index contributed by atoms with van der Waals surface area (Å²) >= 11 is 0. The van der Waals surface area contributed by atoms with Gasteiger partial charge >= 0.3 is 12.1 Å². The van der Waals surface area contributed by atoms with E-state index >= 15 is 0 Å². The lowest BCUT2D eigenvalue weighted by Gasteiger charge is -2.39. The minimum Gasteiger partial charge on any atom is -0.338 e. The fourth-order valence-corrected chi connectivity index (χ4v) is 4.81. The monoisotopic (exact) mass is 384 g/mol. The van der Waals surface area contributed by atoms with Gasteiger partial charge in [0.1, 0.15) is 6.04 Å². The normalized spacial score (nSPS) is 23.5. The number of amides is 5. The van der Waals surface area contributed by atoms with Gasteiger partial charge in [-0.2, -0.15) is 0 Å². The fraction of sp³-hybridized carbons (Fsp3) is 0.571. The quantitative estimate of drug-likeness (QED) is 0.808. The van der Waals surface area contributed by atoms with Crippen LogP contribution >= 0.6 is 0 Å². The van der Waals surface area contributed by atoms with Crippen molar-refractivity contribution in [3.63, 3.8) is 0 Å². The van der Waals surface area contributed by atoms with Crippen molar-refractivity contribution in [1.29, 1.82) is 0 Å². The van der Waals surface area contributed by atoms with E-state index in [1.807, 2.05) is 30.0 Å². The fourth-order valence-electron chi connectivity index (χ4n) is 4.81. The first kappa shape index (κ1) is 18.8. The number of fused-ring (bicyclic) bond motifs is 1. The van der Waals surface area contributed by atoms with Crippen LogP contribution in [0.25, 0.3) is 0 Å². The molecule has 0 bridgehead atoms. The topological polar surface area (TPSA) is 73.0 Å². The first-order chi connectivity index (χ1) is 13.5. The average Bonchev–Trinajstić information content (AvgIpc) is 3.18. The van der Waals surface area contributed by atoms with Crippen molar-refractivity contribution in [1.82, 2.24) is 20.0 Å². The lowest BCUT2D eigenvalue weighted by Crippen LogP contribution is -2.49. The Kier molecular flexibility index (Phi) is 5.00. The molecule has 0 aromatic heterocycles. The van der Waals surface area contributed by atoms with Crippen molar-refractivity contribution in [2.75, 3.05) is 32.7 Å². The van der Waals surface area contributed by atoms with Crippen LogP contribution in [0.15, 0.2) is 30.3 Å². The molecule has 1 atom stereocenters. The number of piperidine rings is 1. The zero-order valence-corrected chi connectivity index (χ0v) is 16.4. The van der Waals surface area contributed by atoms with E-state index in [-0.39, 0.29) is 29.4 Å². The number of carbonyl (C=O) groups is 3. The molecule has 1 aromatic carbocycles. The van der Waals surface area contributed by atoms with Crippen molar-refractivity contribution in [2.45, 2.75) is 38.6 Å². The number of hydrogen-bond acceptors (Lipinski definition) is 3. The summed E-state index contributed by atoms with van der Waals surface area (Å²) in [6, 6.07) is 9.66. The van der Waals surface area contributed by atoms with Crippen molar-refractivity contribution in [2.24, 2.45) is 5.41 Å². The highest BCUT2D eigenvalue weighted by Crippen LogP contribution is 2.46. The molecule has 28 heavy (non-hydrogen) atoms. The molecule has 3 aliphatic rings. The van der Waals surface area contributed by atoms with E-state index in [4.69, 9.17) is 0 Å².